The number of amides is 1. The van der Waals surface area contributed by atoms with Crippen molar-refractivity contribution in [2.45, 2.75) is 37.6 Å². The average molecular weight is 377 g/mol. The molecule has 2 aromatic rings. The molecule has 0 bridgehead atoms. The second-order valence-corrected chi connectivity index (χ2v) is 8.45. The second kappa shape index (κ2) is 7.25. The first-order chi connectivity index (χ1) is 13.8. The predicted molar refractivity (Wildman–Crippen MR) is 108 cm³/mol. The highest BCUT2D eigenvalue weighted by atomic mass is 16.5. The molecule has 0 heterocycles. The van der Waals surface area contributed by atoms with Gasteiger partial charge >= 0.3 is 6.09 Å². The summed E-state index contributed by atoms with van der Waals surface area (Å²) in [5.74, 6) is 1.34. The lowest BCUT2D eigenvalue weighted by atomic mass is 9.55. The molecule has 0 radical (unpaired) electrons. The number of rotatable bonds is 4. The fraction of sp³-hybridized carbons (Fsp3) is 0.458. The molecule has 4 nitrogen and oxygen atoms in total. The van der Waals surface area contributed by atoms with E-state index in [0.717, 1.165) is 6.42 Å². The summed E-state index contributed by atoms with van der Waals surface area (Å²) in [6.07, 6.45) is 4.44. The normalized spacial score (nSPS) is 27.9. The van der Waals surface area contributed by atoms with Gasteiger partial charge in [0.25, 0.3) is 0 Å². The molecule has 4 atom stereocenters. The van der Waals surface area contributed by atoms with E-state index in [-0.39, 0.29) is 30.6 Å². The molecule has 2 N–H and O–H groups in total. The Morgan fingerprint density at radius 3 is 2.21 bits per heavy atom. The van der Waals surface area contributed by atoms with Gasteiger partial charge in [0.1, 0.15) is 6.61 Å². The lowest BCUT2D eigenvalue weighted by Gasteiger charge is -2.54. The molecule has 0 aromatic heterocycles. The number of aliphatic hydroxyl groups excluding tert-OH is 1. The van der Waals surface area contributed by atoms with E-state index in [2.05, 4.69) is 41.7 Å². The van der Waals surface area contributed by atoms with Gasteiger partial charge in [-0.15, -0.1) is 0 Å². The van der Waals surface area contributed by atoms with Crippen molar-refractivity contribution in [3.63, 3.8) is 0 Å². The summed E-state index contributed by atoms with van der Waals surface area (Å²) in [5.41, 5.74) is 4.91. The number of nitrogens with one attached hydrogen (secondary N) is 1. The smallest absolute Gasteiger partial charge is 0.407 e. The molecule has 3 aliphatic rings. The van der Waals surface area contributed by atoms with Crippen LogP contribution in [-0.2, 0) is 4.74 Å². The monoisotopic (exact) mass is 377 g/mol. The topological polar surface area (TPSA) is 58.6 Å². The fourth-order valence-electron chi connectivity index (χ4n) is 5.84. The van der Waals surface area contributed by atoms with Crippen LogP contribution in [0.5, 0.6) is 0 Å². The maximum atomic E-state index is 12.5. The first kappa shape index (κ1) is 17.7. The number of hydrogen-bond acceptors (Lipinski definition) is 3. The van der Waals surface area contributed by atoms with Crippen molar-refractivity contribution < 1.29 is 14.6 Å². The predicted octanol–water partition coefficient (Wildman–Crippen LogP) is 4.32. The van der Waals surface area contributed by atoms with Crippen LogP contribution in [0.4, 0.5) is 4.79 Å². The summed E-state index contributed by atoms with van der Waals surface area (Å²) in [7, 11) is 0. The minimum Gasteiger partial charge on any atom is -0.449 e. The molecule has 28 heavy (non-hydrogen) atoms. The Balaban J connectivity index is 1.26. The van der Waals surface area contributed by atoms with Crippen LogP contribution in [-0.4, -0.2) is 30.5 Å². The Hall–Kier alpha value is -2.33. The zero-order valence-electron chi connectivity index (χ0n) is 16.0. The van der Waals surface area contributed by atoms with E-state index < -0.39 is 0 Å². The van der Waals surface area contributed by atoms with E-state index in [9.17, 15) is 9.90 Å². The third-order valence-corrected chi connectivity index (χ3v) is 7.19. The highest BCUT2D eigenvalue weighted by Crippen LogP contribution is 2.49. The van der Waals surface area contributed by atoms with Gasteiger partial charge in [-0.2, -0.15) is 0 Å². The van der Waals surface area contributed by atoms with E-state index in [1.165, 1.54) is 41.5 Å². The molecule has 2 saturated carbocycles. The van der Waals surface area contributed by atoms with Gasteiger partial charge in [-0.3, -0.25) is 0 Å². The molecule has 3 aliphatic carbocycles. The van der Waals surface area contributed by atoms with Crippen molar-refractivity contribution in [1.29, 1.82) is 0 Å². The minimum atomic E-state index is -0.352. The molecule has 2 aromatic carbocycles. The molecule has 1 amide bonds. The highest BCUT2D eigenvalue weighted by Gasteiger charge is 2.51. The van der Waals surface area contributed by atoms with E-state index in [1.807, 2.05) is 12.1 Å². The van der Waals surface area contributed by atoms with Crippen LogP contribution in [0.1, 0.15) is 42.7 Å². The molecular weight excluding hydrogens is 350 g/mol. The Bertz CT molecular complexity index is 828. The largest absolute Gasteiger partial charge is 0.449 e. The summed E-state index contributed by atoms with van der Waals surface area (Å²) in [6.45, 7) is 0.486. The maximum Gasteiger partial charge on any atom is 0.407 e. The van der Waals surface area contributed by atoms with Gasteiger partial charge in [0, 0.05) is 24.5 Å². The third-order valence-electron chi connectivity index (χ3n) is 7.19. The first-order valence-corrected chi connectivity index (χ1v) is 10.5. The summed E-state index contributed by atoms with van der Waals surface area (Å²) in [6, 6.07) is 16.8. The lowest BCUT2D eigenvalue weighted by Crippen LogP contribution is -2.62. The van der Waals surface area contributed by atoms with Gasteiger partial charge in [-0.1, -0.05) is 61.4 Å². The number of benzene rings is 2. The lowest BCUT2D eigenvalue weighted by molar-refractivity contribution is -0.0478. The third kappa shape index (κ3) is 2.82. The van der Waals surface area contributed by atoms with Crippen molar-refractivity contribution in [3.8, 4) is 11.1 Å². The standard InChI is InChI=1S/C24H27NO3/c26-13-21-19-11-5-6-12-20(19)23(21)25-24(27)28-14-22-17-9-3-1-7-15(17)16-8-2-4-10-18(16)22/h1-4,7-10,19-23,26H,5-6,11-14H2,(H,25,27)/t19-,20+,21-,23-/m0/s1. The van der Waals surface area contributed by atoms with Crippen LogP contribution in [0, 0.1) is 17.8 Å². The quantitative estimate of drug-likeness (QED) is 0.834. The van der Waals surface area contributed by atoms with Gasteiger partial charge in [-0.25, -0.2) is 4.79 Å². The number of carbonyl (C=O) groups excluding carboxylic acids is 1. The molecular formula is C24H27NO3. The first-order valence-electron chi connectivity index (χ1n) is 10.5. The second-order valence-electron chi connectivity index (χ2n) is 8.45. The van der Waals surface area contributed by atoms with Gasteiger partial charge in [-0.05, 0) is 46.9 Å². The molecule has 0 saturated heterocycles. The Morgan fingerprint density at radius 2 is 1.57 bits per heavy atom. The van der Waals surface area contributed by atoms with Crippen molar-refractivity contribution in [3.05, 3.63) is 59.7 Å². The molecule has 0 aliphatic heterocycles. The summed E-state index contributed by atoms with van der Waals surface area (Å²) >= 11 is 0. The Labute approximate surface area is 165 Å². The number of aliphatic hydroxyl groups is 1. The number of fused-ring (bicyclic) bond motifs is 4. The minimum absolute atomic E-state index is 0.0611. The number of alkyl carbamates (subject to hydrolysis) is 1. The molecule has 0 unspecified atom stereocenters. The van der Waals surface area contributed by atoms with Gasteiger partial charge in [0.2, 0.25) is 0 Å². The van der Waals surface area contributed by atoms with Crippen LogP contribution in [0.2, 0.25) is 0 Å². The van der Waals surface area contributed by atoms with E-state index in [4.69, 9.17) is 4.74 Å². The average Bonchev–Trinajstić information content (AvgIpc) is 3.05. The Morgan fingerprint density at radius 1 is 0.964 bits per heavy atom. The van der Waals surface area contributed by atoms with Crippen LogP contribution in [0.3, 0.4) is 0 Å². The molecule has 4 heteroatoms. The maximum absolute atomic E-state index is 12.5. The summed E-state index contributed by atoms with van der Waals surface area (Å²) in [5, 5.41) is 12.8. The SMILES string of the molecule is O=C(N[C@H]1[C@@H]2CCCC[C@@H]2[C@@H]1CO)OCC1c2ccccc2-c2ccccc21. The van der Waals surface area contributed by atoms with Gasteiger partial charge < -0.3 is 15.2 Å². The summed E-state index contributed by atoms with van der Waals surface area (Å²) in [4.78, 5) is 12.5. The number of ether oxygens (including phenoxy) is 1. The molecule has 146 valence electrons. The van der Waals surface area contributed by atoms with E-state index >= 15 is 0 Å². The van der Waals surface area contributed by atoms with E-state index in [1.54, 1.807) is 0 Å². The van der Waals surface area contributed by atoms with Crippen LogP contribution in [0.15, 0.2) is 48.5 Å². The molecule has 5 rings (SSSR count). The zero-order valence-corrected chi connectivity index (χ0v) is 16.0. The van der Waals surface area contributed by atoms with E-state index in [0.29, 0.717) is 18.4 Å². The van der Waals surface area contributed by atoms with Crippen LogP contribution < -0.4 is 5.32 Å². The summed E-state index contributed by atoms with van der Waals surface area (Å²) < 4.78 is 5.69. The van der Waals surface area contributed by atoms with Crippen molar-refractivity contribution in [1.82, 2.24) is 5.32 Å². The van der Waals surface area contributed by atoms with Crippen molar-refractivity contribution >= 4 is 6.09 Å². The van der Waals surface area contributed by atoms with Gasteiger partial charge in [0.05, 0.1) is 0 Å². The number of carbonyl (C=O) groups is 1. The Kier molecular flexibility index (Phi) is 4.59. The van der Waals surface area contributed by atoms with Crippen LogP contribution >= 0.6 is 0 Å². The van der Waals surface area contributed by atoms with Crippen molar-refractivity contribution in [2.75, 3.05) is 13.2 Å². The van der Waals surface area contributed by atoms with Gasteiger partial charge in [0.15, 0.2) is 0 Å². The molecule has 0 spiro atoms. The highest BCUT2D eigenvalue weighted by molar-refractivity contribution is 5.79. The molecule has 2 fully saturated rings. The number of hydrogen-bond donors (Lipinski definition) is 2. The van der Waals surface area contributed by atoms with Crippen molar-refractivity contribution in [2.24, 2.45) is 17.8 Å². The zero-order chi connectivity index (χ0) is 19.1. The van der Waals surface area contributed by atoms with Crippen LogP contribution in [0.25, 0.3) is 11.1 Å². The fourth-order valence-corrected chi connectivity index (χ4v) is 5.84.